The smallest absolute Gasteiger partial charge is 0.265 e. The minimum Gasteiger partial charge on any atom is -0.366 e. The van der Waals surface area contributed by atoms with E-state index in [4.69, 9.17) is 5.73 Å². The number of rotatable bonds is 5. The molecule has 1 amide bonds. The van der Waals surface area contributed by atoms with Crippen LogP contribution < -0.4 is 10.5 Å². The largest absolute Gasteiger partial charge is 0.366 e. The van der Waals surface area contributed by atoms with Crippen molar-refractivity contribution in [1.82, 2.24) is 9.78 Å². The van der Waals surface area contributed by atoms with Crippen molar-refractivity contribution < 1.29 is 13.2 Å². The Labute approximate surface area is 164 Å². The number of primary amides is 1. The summed E-state index contributed by atoms with van der Waals surface area (Å²) in [6, 6.07) is 15.2. The Kier molecular flexibility index (Phi) is 4.99. The Bertz CT molecular complexity index is 1100. The van der Waals surface area contributed by atoms with E-state index in [1.807, 2.05) is 51.1 Å². The van der Waals surface area contributed by atoms with Crippen molar-refractivity contribution in [3.63, 3.8) is 0 Å². The predicted octanol–water partition coefficient (Wildman–Crippen LogP) is 3.07. The van der Waals surface area contributed by atoms with Crippen molar-refractivity contribution in [3.8, 4) is 5.69 Å². The van der Waals surface area contributed by atoms with Crippen LogP contribution >= 0.6 is 0 Å². The highest BCUT2D eigenvalue weighted by atomic mass is 32.2. The van der Waals surface area contributed by atoms with Gasteiger partial charge in [-0.15, -0.1) is 0 Å². The zero-order valence-electron chi connectivity index (χ0n) is 15.9. The lowest BCUT2D eigenvalue weighted by atomic mass is 9.92. The maximum atomic E-state index is 13.1. The van der Waals surface area contributed by atoms with Gasteiger partial charge in [0.25, 0.3) is 10.0 Å². The number of para-hydroxylation sites is 1. The molecule has 0 saturated heterocycles. The fraction of sp³-hybridized carbons (Fsp3) is 0.200. The molecule has 0 aliphatic carbocycles. The second-order valence-electron chi connectivity index (χ2n) is 7.42. The summed E-state index contributed by atoms with van der Waals surface area (Å²) in [5.74, 6) is -0.575. The number of carbonyl (C=O) groups is 1. The second kappa shape index (κ2) is 7.12. The van der Waals surface area contributed by atoms with Crippen LogP contribution in [0.5, 0.6) is 0 Å². The Balaban J connectivity index is 2.02. The molecular formula is C20H22N4O3S. The fourth-order valence-electron chi connectivity index (χ4n) is 2.70. The highest BCUT2D eigenvalue weighted by Crippen LogP contribution is 2.30. The maximum Gasteiger partial charge on any atom is 0.265 e. The van der Waals surface area contributed by atoms with E-state index in [0.29, 0.717) is 16.9 Å². The third kappa shape index (κ3) is 4.07. The quantitative estimate of drug-likeness (QED) is 0.689. The van der Waals surface area contributed by atoms with E-state index in [9.17, 15) is 13.2 Å². The molecule has 1 heterocycles. The molecule has 28 heavy (non-hydrogen) atoms. The highest BCUT2D eigenvalue weighted by molar-refractivity contribution is 7.92. The molecule has 0 aliphatic rings. The van der Waals surface area contributed by atoms with E-state index < -0.39 is 21.3 Å². The topological polar surface area (TPSA) is 107 Å². The summed E-state index contributed by atoms with van der Waals surface area (Å²) in [5.41, 5.74) is 6.59. The average molecular weight is 398 g/mol. The first-order valence-corrected chi connectivity index (χ1v) is 10.1. The number of nitrogens with two attached hydrogens (primary N) is 1. The molecule has 0 spiro atoms. The van der Waals surface area contributed by atoms with Gasteiger partial charge in [-0.3, -0.25) is 9.52 Å². The number of hydrogen-bond donors (Lipinski definition) is 2. The van der Waals surface area contributed by atoms with E-state index in [1.54, 1.807) is 4.68 Å². The van der Waals surface area contributed by atoms with Crippen LogP contribution in [0.1, 0.15) is 36.8 Å². The summed E-state index contributed by atoms with van der Waals surface area (Å²) < 4.78 is 30.3. The van der Waals surface area contributed by atoms with Crippen LogP contribution in [0.3, 0.4) is 0 Å². The van der Waals surface area contributed by atoms with Crippen molar-refractivity contribution in [1.29, 1.82) is 0 Å². The first kappa shape index (κ1) is 19.6. The van der Waals surface area contributed by atoms with Gasteiger partial charge in [0.2, 0.25) is 5.91 Å². The summed E-state index contributed by atoms with van der Waals surface area (Å²) in [6.07, 6.45) is 1.51. The lowest BCUT2D eigenvalue weighted by Crippen LogP contribution is -2.20. The van der Waals surface area contributed by atoms with Crippen LogP contribution in [-0.4, -0.2) is 24.1 Å². The molecule has 3 rings (SSSR count). The third-order valence-electron chi connectivity index (χ3n) is 4.12. The lowest BCUT2D eigenvalue weighted by Gasteiger charge is -2.17. The predicted molar refractivity (Wildman–Crippen MR) is 108 cm³/mol. The summed E-state index contributed by atoms with van der Waals surface area (Å²) >= 11 is 0. The van der Waals surface area contributed by atoms with E-state index >= 15 is 0 Å². The zero-order chi connectivity index (χ0) is 20.5. The number of nitrogens with one attached hydrogen (secondary N) is 1. The Morgan fingerprint density at radius 3 is 2.18 bits per heavy atom. The molecule has 3 N–H and O–H groups in total. The van der Waals surface area contributed by atoms with Gasteiger partial charge in [0.15, 0.2) is 0 Å². The molecule has 3 aromatic rings. The van der Waals surface area contributed by atoms with Crippen LogP contribution in [0.25, 0.3) is 5.69 Å². The Hall–Kier alpha value is -3.13. The van der Waals surface area contributed by atoms with E-state index in [-0.39, 0.29) is 4.90 Å². The summed E-state index contributed by atoms with van der Waals surface area (Å²) in [5, 5.41) is 4.53. The van der Waals surface area contributed by atoms with Gasteiger partial charge in [0.1, 0.15) is 4.90 Å². The minimum atomic E-state index is -3.90. The SMILES string of the molecule is CC(C)(C)c1nn(-c2ccccc2)cc1S(=O)(=O)Nc1ccc(C(N)=O)cc1. The number of anilines is 1. The normalized spacial score (nSPS) is 12.0. The number of benzene rings is 2. The molecule has 0 saturated carbocycles. The molecule has 146 valence electrons. The number of amides is 1. The maximum absolute atomic E-state index is 13.1. The molecule has 0 radical (unpaired) electrons. The minimum absolute atomic E-state index is 0.0998. The van der Waals surface area contributed by atoms with Crippen LogP contribution in [0.15, 0.2) is 65.7 Å². The zero-order valence-corrected chi connectivity index (χ0v) is 16.7. The van der Waals surface area contributed by atoms with Gasteiger partial charge in [-0.25, -0.2) is 13.1 Å². The van der Waals surface area contributed by atoms with Crippen LogP contribution in [0.2, 0.25) is 0 Å². The van der Waals surface area contributed by atoms with E-state index in [2.05, 4.69) is 9.82 Å². The van der Waals surface area contributed by atoms with Gasteiger partial charge in [-0.05, 0) is 36.4 Å². The van der Waals surface area contributed by atoms with Crippen molar-refractivity contribution in [2.24, 2.45) is 5.73 Å². The average Bonchev–Trinajstić information content (AvgIpc) is 3.09. The molecule has 2 aromatic carbocycles. The van der Waals surface area contributed by atoms with Crippen molar-refractivity contribution >= 4 is 21.6 Å². The number of aromatic nitrogens is 2. The number of carbonyl (C=O) groups excluding carboxylic acids is 1. The van der Waals surface area contributed by atoms with Crippen LogP contribution in [-0.2, 0) is 15.4 Å². The Morgan fingerprint density at radius 1 is 1.04 bits per heavy atom. The first-order chi connectivity index (χ1) is 13.1. The number of hydrogen-bond acceptors (Lipinski definition) is 4. The third-order valence-corrected chi connectivity index (χ3v) is 5.51. The van der Waals surface area contributed by atoms with Gasteiger partial charge < -0.3 is 5.73 Å². The molecular weight excluding hydrogens is 376 g/mol. The molecule has 0 atom stereocenters. The molecule has 0 aliphatic heterocycles. The molecule has 8 heteroatoms. The molecule has 0 bridgehead atoms. The van der Waals surface area contributed by atoms with Crippen LogP contribution in [0.4, 0.5) is 5.69 Å². The highest BCUT2D eigenvalue weighted by Gasteiger charge is 2.30. The standard InChI is InChI=1S/C20H22N4O3S/c1-20(2,3)18-17(13-24(22-18)16-7-5-4-6-8-16)28(26,27)23-15-11-9-14(10-12-15)19(21)25/h4-13,23H,1-3H3,(H2,21,25). The van der Waals surface area contributed by atoms with Gasteiger partial charge in [-0.2, -0.15) is 5.10 Å². The van der Waals surface area contributed by atoms with Crippen LogP contribution in [0, 0.1) is 0 Å². The lowest BCUT2D eigenvalue weighted by molar-refractivity contribution is 0.100. The van der Waals surface area contributed by atoms with Gasteiger partial charge >= 0.3 is 0 Å². The second-order valence-corrected chi connectivity index (χ2v) is 9.07. The Morgan fingerprint density at radius 2 is 1.64 bits per heavy atom. The summed E-state index contributed by atoms with van der Waals surface area (Å²) in [6.45, 7) is 5.72. The van der Waals surface area contributed by atoms with Crippen molar-refractivity contribution in [3.05, 3.63) is 72.1 Å². The summed E-state index contributed by atoms with van der Waals surface area (Å²) in [4.78, 5) is 11.3. The summed E-state index contributed by atoms with van der Waals surface area (Å²) in [7, 11) is -3.90. The molecule has 0 unspecified atom stereocenters. The fourth-order valence-corrected chi connectivity index (χ4v) is 4.10. The first-order valence-electron chi connectivity index (χ1n) is 8.66. The van der Waals surface area contributed by atoms with E-state index in [1.165, 1.54) is 30.5 Å². The molecule has 1 aromatic heterocycles. The van der Waals surface area contributed by atoms with Gasteiger partial charge in [0, 0.05) is 16.7 Å². The number of nitrogens with zero attached hydrogens (tertiary/aromatic N) is 2. The van der Waals surface area contributed by atoms with Gasteiger partial charge in [0.05, 0.1) is 17.6 Å². The van der Waals surface area contributed by atoms with Gasteiger partial charge in [-0.1, -0.05) is 39.0 Å². The number of sulfonamides is 1. The molecule has 7 nitrogen and oxygen atoms in total. The van der Waals surface area contributed by atoms with Crippen molar-refractivity contribution in [2.45, 2.75) is 31.1 Å². The van der Waals surface area contributed by atoms with E-state index in [0.717, 1.165) is 5.69 Å². The monoisotopic (exact) mass is 398 g/mol. The van der Waals surface area contributed by atoms with Crippen molar-refractivity contribution in [2.75, 3.05) is 4.72 Å². The molecule has 0 fully saturated rings.